The fraction of sp³-hybridized carbons (Fsp3) is 0.333. The summed E-state index contributed by atoms with van der Waals surface area (Å²) in [5, 5.41) is 19.7. The van der Waals surface area contributed by atoms with E-state index in [9.17, 15) is 0 Å². The first-order valence-electron chi connectivity index (χ1n) is 1.59. The van der Waals surface area contributed by atoms with E-state index in [1.54, 1.807) is 0 Å². The molecule has 0 aliphatic rings. The smallest absolute Gasteiger partial charge is 0.135 e. The van der Waals surface area contributed by atoms with Crippen LogP contribution < -0.4 is 0 Å². The van der Waals surface area contributed by atoms with Crippen molar-refractivity contribution in [3.05, 3.63) is 0 Å². The van der Waals surface area contributed by atoms with Crippen LogP contribution in [-0.4, -0.2) is 3.91 Å². The van der Waals surface area contributed by atoms with Crippen molar-refractivity contribution in [1.29, 1.82) is 10.5 Å². The van der Waals surface area contributed by atoms with E-state index in [-0.39, 0.29) is 3.91 Å². The predicted octanol–water partition coefficient (Wildman–Crippen LogP) is 1.63. The Hall–Kier alpha value is 0.0300. The molecule has 0 spiro atoms. The summed E-state index contributed by atoms with van der Waals surface area (Å²) in [5.41, 5.74) is 0. The molecule has 0 saturated heterocycles. The lowest BCUT2D eigenvalue weighted by atomic mass is 11.8. The summed E-state index contributed by atoms with van der Waals surface area (Å²) >= 11 is 5.80. The Morgan fingerprint density at radius 3 is 1.88 bits per heavy atom. The standard InChI is InChI=1S/C3H2N2S3/c4-1-7-3(6)8-2-5/h3,6H. The van der Waals surface area contributed by atoms with Crippen LogP contribution in [0.25, 0.3) is 0 Å². The van der Waals surface area contributed by atoms with Crippen LogP contribution in [0.3, 0.4) is 0 Å². The molecule has 0 aliphatic carbocycles. The Morgan fingerprint density at radius 2 is 1.62 bits per heavy atom. The zero-order valence-corrected chi connectivity index (χ0v) is 6.26. The van der Waals surface area contributed by atoms with Crippen molar-refractivity contribution in [2.45, 2.75) is 3.91 Å². The van der Waals surface area contributed by atoms with Crippen LogP contribution in [0.2, 0.25) is 0 Å². The quantitative estimate of drug-likeness (QED) is 0.381. The minimum absolute atomic E-state index is 0.231. The van der Waals surface area contributed by atoms with Gasteiger partial charge in [-0.25, -0.2) is 0 Å². The van der Waals surface area contributed by atoms with Gasteiger partial charge in [-0.05, 0) is 23.5 Å². The van der Waals surface area contributed by atoms with Crippen LogP contribution in [-0.2, 0) is 0 Å². The molecule has 0 fully saturated rings. The van der Waals surface area contributed by atoms with Crippen molar-refractivity contribution in [3.8, 4) is 10.8 Å². The first kappa shape index (κ1) is 8.03. The Kier molecular flexibility index (Phi) is 5.19. The van der Waals surface area contributed by atoms with E-state index in [0.29, 0.717) is 0 Å². The largest absolute Gasteiger partial charge is 0.185 e. The van der Waals surface area contributed by atoms with Crippen LogP contribution in [0.15, 0.2) is 0 Å². The Balaban J connectivity index is 3.25. The molecule has 0 aromatic carbocycles. The zero-order valence-electron chi connectivity index (χ0n) is 3.74. The minimum Gasteiger partial charge on any atom is -0.185 e. The summed E-state index contributed by atoms with van der Waals surface area (Å²) in [6, 6.07) is 0. The van der Waals surface area contributed by atoms with Gasteiger partial charge in [-0.2, -0.15) is 23.2 Å². The number of rotatable bonds is 2. The zero-order chi connectivity index (χ0) is 6.41. The van der Waals surface area contributed by atoms with Gasteiger partial charge in [-0.1, -0.05) is 0 Å². The van der Waals surface area contributed by atoms with Gasteiger partial charge in [0, 0.05) is 0 Å². The summed E-state index contributed by atoms with van der Waals surface area (Å²) in [4.78, 5) is 0. The summed E-state index contributed by atoms with van der Waals surface area (Å²) in [6.45, 7) is 0. The molecule has 0 aromatic rings. The fourth-order valence-corrected chi connectivity index (χ4v) is 1.03. The Morgan fingerprint density at radius 1 is 1.25 bits per heavy atom. The van der Waals surface area contributed by atoms with Gasteiger partial charge in [0.15, 0.2) is 0 Å². The highest BCUT2D eigenvalue weighted by Crippen LogP contribution is 2.24. The second kappa shape index (κ2) is 5.17. The Bertz CT molecular complexity index is 116. The number of hydrogen-bond acceptors (Lipinski definition) is 5. The molecule has 0 aliphatic heterocycles. The predicted molar refractivity (Wildman–Crippen MR) is 39.2 cm³/mol. The molecule has 0 saturated carbocycles. The first-order valence-corrected chi connectivity index (χ1v) is 3.86. The number of nitrogens with zero attached hydrogens (tertiary/aromatic N) is 2. The average molecular weight is 162 g/mol. The maximum absolute atomic E-state index is 8.00. The molecule has 0 heterocycles. The van der Waals surface area contributed by atoms with E-state index < -0.39 is 0 Å². The highest BCUT2D eigenvalue weighted by atomic mass is 32.3. The third-order valence-electron chi connectivity index (χ3n) is 0.307. The van der Waals surface area contributed by atoms with Gasteiger partial charge >= 0.3 is 0 Å². The van der Waals surface area contributed by atoms with Crippen LogP contribution in [0.5, 0.6) is 0 Å². The number of thiol groups is 1. The molecule has 0 N–H and O–H groups in total. The lowest BCUT2D eigenvalue weighted by Gasteiger charge is -1.92. The molecule has 0 unspecified atom stereocenters. The van der Waals surface area contributed by atoms with E-state index >= 15 is 0 Å². The van der Waals surface area contributed by atoms with E-state index in [1.807, 2.05) is 10.8 Å². The molecule has 0 atom stereocenters. The van der Waals surface area contributed by atoms with E-state index in [2.05, 4.69) is 12.6 Å². The van der Waals surface area contributed by atoms with Crippen molar-refractivity contribution in [3.63, 3.8) is 0 Å². The molecule has 42 valence electrons. The van der Waals surface area contributed by atoms with Crippen molar-refractivity contribution in [1.82, 2.24) is 0 Å². The fourth-order valence-electron chi connectivity index (χ4n) is 0.114. The number of thioether (sulfide) groups is 2. The van der Waals surface area contributed by atoms with Crippen LogP contribution in [0, 0.1) is 21.3 Å². The molecule has 0 aromatic heterocycles. The average Bonchev–Trinajstić information content (AvgIpc) is 1.68. The summed E-state index contributed by atoms with van der Waals surface area (Å²) in [6.07, 6.45) is 0. The molecule has 0 rings (SSSR count). The summed E-state index contributed by atoms with van der Waals surface area (Å²) in [5.74, 6) is 0. The molecule has 8 heavy (non-hydrogen) atoms. The molecular weight excluding hydrogens is 160 g/mol. The molecule has 2 nitrogen and oxygen atoms in total. The summed E-state index contributed by atoms with van der Waals surface area (Å²) < 4.78 is -0.231. The third kappa shape index (κ3) is 4.20. The van der Waals surface area contributed by atoms with E-state index in [0.717, 1.165) is 23.5 Å². The van der Waals surface area contributed by atoms with Crippen LogP contribution in [0.1, 0.15) is 0 Å². The molecular formula is C3H2N2S3. The van der Waals surface area contributed by atoms with Crippen molar-refractivity contribution in [2.75, 3.05) is 0 Å². The SMILES string of the molecule is N#CSC(S)SC#N. The lowest BCUT2D eigenvalue weighted by molar-refractivity contribution is 1.56. The maximum atomic E-state index is 8.00. The number of hydrogen-bond donors (Lipinski definition) is 1. The minimum atomic E-state index is -0.231. The van der Waals surface area contributed by atoms with Crippen molar-refractivity contribution >= 4 is 36.2 Å². The number of thiocyanates is 2. The lowest BCUT2D eigenvalue weighted by Crippen LogP contribution is -1.75. The highest BCUT2D eigenvalue weighted by Gasteiger charge is 1.99. The van der Waals surface area contributed by atoms with Crippen molar-refractivity contribution < 1.29 is 0 Å². The van der Waals surface area contributed by atoms with Crippen molar-refractivity contribution in [2.24, 2.45) is 0 Å². The van der Waals surface area contributed by atoms with Gasteiger partial charge in [0.2, 0.25) is 0 Å². The maximum Gasteiger partial charge on any atom is 0.135 e. The molecule has 0 bridgehead atoms. The van der Waals surface area contributed by atoms with Gasteiger partial charge in [-0.15, -0.1) is 0 Å². The van der Waals surface area contributed by atoms with Gasteiger partial charge in [0.1, 0.15) is 14.7 Å². The molecule has 0 amide bonds. The van der Waals surface area contributed by atoms with Gasteiger partial charge in [-0.3, -0.25) is 0 Å². The second-order valence-electron chi connectivity index (χ2n) is 0.725. The van der Waals surface area contributed by atoms with Crippen LogP contribution >= 0.6 is 36.2 Å². The van der Waals surface area contributed by atoms with Gasteiger partial charge in [0.05, 0.1) is 0 Å². The Labute approximate surface area is 61.7 Å². The van der Waals surface area contributed by atoms with E-state index in [1.165, 1.54) is 0 Å². The molecule has 0 radical (unpaired) electrons. The monoisotopic (exact) mass is 162 g/mol. The third-order valence-corrected chi connectivity index (χ3v) is 2.13. The summed E-state index contributed by atoms with van der Waals surface area (Å²) in [7, 11) is 0. The first-order chi connectivity index (χ1) is 3.81. The molecule has 5 heteroatoms. The second-order valence-corrected chi connectivity index (χ2v) is 4.02. The van der Waals surface area contributed by atoms with Gasteiger partial charge in [0.25, 0.3) is 0 Å². The van der Waals surface area contributed by atoms with Gasteiger partial charge < -0.3 is 0 Å². The normalized spacial score (nSPS) is 8.00. The van der Waals surface area contributed by atoms with E-state index in [4.69, 9.17) is 10.5 Å². The topological polar surface area (TPSA) is 47.6 Å². The van der Waals surface area contributed by atoms with Crippen LogP contribution in [0.4, 0.5) is 0 Å². The number of nitriles is 2. The highest BCUT2D eigenvalue weighted by molar-refractivity contribution is 8.30.